The van der Waals surface area contributed by atoms with Gasteiger partial charge in [0, 0.05) is 12.1 Å². The summed E-state index contributed by atoms with van der Waals surface area (Å²) in [7, 11) is 1.64. The van der Waals surface area contributed by atoms with Crippen LogP contribution in [0.2, 0.25) is 0 Å². The maximum atomic E-state index is 12.6. The zero-order valence-electron chi connectivity index (χ0n) is 15.6. The summed E-state index contributed by atoms with van der Waals surface area (Å²) in [5, 5.41) is 3.77. The molecule has 0 saturated carbocycles. The van der Waals surface area contributed by atoms with Gasteiger partial charge in [-0.05, 0) is 25.2 Å². The van der Waals surface area contributed by atoms with E-state index in [1.165, 1.54) is 36.4 Å². The fraction of sp³-hybridized carbons (Fsp3) is 0.263. The van der Waals surface area contributed by atoms with Gasteiger partial charge in [0.25, 0.3) is 0 Å². The standard InChI is InChI=1S/C19H16F5N3O3/c1-27(10-12-6-2-4-8-14(12)29-19(22,23)24)11-16-25-17(26-30-16)13-7-3-5-9-15(13)28-18(20)21/h2-9,18H,10-11H2,1H3. The molecule has 3 aromatic rings. The van der Waals surface area contributed by atoms with Crippen LogP contribution in [0.1, 0.15) is 11.5 Å². The number of aromatic nitrogens is 2. The fourth-order valence-electron chi connectivity index (χ4n) is 2.71. The van der Waals surface area contributed by atoms with Crippen molar-refractivity contribution in [3.8, 4) is 22.9 Å². The summed E-state index contributed by atoms with van der Waals surface area (Å²) < 4.78 is 76.4. The molecule has 0 aliphatic heterocycles. The second-order valence-electron chi connectivity index (χ2n) is 6.21. The number of halogens is 5. The highest BCUT2D eigenvalue weighted by Crippen LogP contribution is 2.30. The van der Waals surface area contributed by atoms with Crippen molar-refractivity contribution in [3.05, 3.63) is 60.0 Å². The molecule has 0 aliphatic rings. The Balaban J connectivity index is 1.70. The van der Waals surface area contributed by atoms with Crippen LogP contribution in [0.5, 0.6) is 11.5 Å². The Kier molecular flexibility index (Phi) is 6.50. The average molecular weight is 429 g/mol. The number of ether oxygens (including phenoxy) is 2. The molecule has 0 fully saturated rings. The van der Waals surface area contributed by atoms with E-state index in [-0.39, 0.29) is 41.9 Å². The Morgan fingerprint density at radius 3 is 2.37 bits per heavy atom. The van der Waals surface area contributed by atoms with Crippen LogP contribution in [0.3, 0.4) is 0 Å². The molecule has 160 valence electrons. The summed E-state index contributed by atoms with van der Waals surface area (Å²) in [4.78, 5) is 5.79. The largest absolute Gasteiger partial charge is 0.573 e. The van der Waals surface area contributed by atoms with Gasteiger partial charge in [0.05, 0.1) is 12.1 Å². The Hall–Kier alpha value is -3.21. The Morgan fingerprint density at radius 2 is 1.67 bits per heavy atom. The van der Waals surface area contributed by atoms with Gasteiger partial charge in [-0.15, -0.1) is 13.2 Å². The first-order valence-corrected chi connectivity index (χ1v) is 8.60. The van der Waals surface area contributed by atoms with E-state index in [0.29, 0.717) is 5.56 Å². The molecule has 3 rings (SSSR count). The van der Waals surface area contributed by atoms with Gasteiger partial charge in [0.2, 0.25) is 11.7 Å². The van der Waals surface area contributed by atoms with E-state index in [9.17, 15) is 22.0 Å². The molecule has 2 aromatic carbocycles. The van der Waals surface area contributed by atoms with Gasteiger partial charge in [-0.1, -0.05) is 35.5 Å². The number of benzene rings is 2. The molecule has 0 atom stereocenters. The lowest BCUT2D eigenvalue weighted by atomic mass is 10.2. The van der Waals surface area contributed by atoms with Crippen LogP contribution in [0, 0.1) is 0 Å². The van der Waals surface area contributed by atoms with E-state index in [2.05, 4.69) is 19.6 Å². The van der Waals surface area contributed by atoms with E-state index in [1.54, 1.807) is 24.1 Å². The zero-order chi connectivity index (χ0) is 21.7. The highest BCUT2D eigenvalue weighted by molar-refractivity contribution is 5.63. The van der Waals surface area contributed by atoms with E-state index in [0.717, 1.165) is 0 Å². The van der Waals surface area contributed by atoms with E-state index >= 15 is 0 Å². The first kappa shape index (κ1) is 21.5. The topological polar surface area (TPSA) is 60.6 Å². The fourth-order valence-corrected chi connectivity index (χ4v) is 2.71. The number of para-hydroxylation sites is 2. The lowest BCUT2D eigenvalue weighted by molar-refractivity contribution is -0.275. The molecule has 0 aliphatic carbocycles. The minimum atomic E-state index is -4.80. The third-order valence-electron chi connectivity index (χ3n) is 3.86. The van der Waals surface area contributed by atoms with Gasteiger partial charge in [-0.2, -0.15) is 13.8 Å². The molecule has 0 spiro atoms. The molecule has 0 radical (unpaired) electrons. The quantitative estimate of drug-likeness (QED) is 0.477. The van der Waals surface area contributed by atoms with Crippen molar-refractivity contribution in [3.63, 3.8) is 0 Å². The van der Waals surface area contributed by atoms with Crippen LogP contribution >= 0.6 is 0 Å². The molecule has 0 N–H and O–H groups in total. The van der Waals surface area contributed by atoms with Gasteiger partial charge in [0.15, 0.2) is 0 Å². The molecular formula is C19H16F5N3O3. The second-order valence-corrected chi connectivity index (χ2v) is 6.21. The van der Waals surface area contributed by atoms with Gasteiger partial charge < -0.3 is 14.0 Å². The summed E-state index contributed by atoms with van der Waals surface area (Å²) in [5.74, 6) is -0.211. The van der Waals surface area contributed by atoms with E-state index < -0.39 is 13.0 Å². The van der Waals surface area contributed by atoms with Crippen molar-refractivity contribution in [1.29, 1.82) is 0 Å². The zero-order valence-corrected chi connectivity index (χ0v) is 15.6. The third kappa shape index (κ3) is 5.89. The highest BCUT2D eigenvalue weighted by Gasteiger charge is 2.32. The smallest absolute Gasteiger partial charge is 0.434 e. The highest BCUT2D eigenvalue weighted by atomic mass is 19.4. The van der Waals surface area contributed by atoms with Crippen LogP contribution < -0.4 is 9.47 Å². The Bertz CT molecular complexity index is 978. The minimum Gasteiger partial charge on any atom is -0.434 e. The molecule has 6 nitrogen and oxygen atoms in total. The first-order valence-electron chi connectivity index (χ1n) is 8.60. The van der Waals surface area contributed by atoms with Crippen molar-refractivity contribution >= 4 is 0 Å². The lowest BCUT2D eigenvalue weighted by Gasteiger charge is -2.18. The van der Waals surface area contributed by atoms with Gasteiger partial charge in [-0.25, -0.2) is 0 Å². The summed E-state index contributed by atoms with van der Waals surface area (Å²) in [6, 6.07) is 11.7. The molecule has 0 unspecified atom stereocenters. The first-order chi connectivity index (χ1) is 14.2. The van der Waals surface area contributed by atoms with E-state index in [1.807, 2.05) is 0 Å². The molecule has 0 saturated heterocycles. The summed E-state index contributed by atoms with van der Waals surface area (Å²) in [5.41, 5.74) is 0.534. The van der Waals surface area contributed by atoms with Crippen molar-refractivity contribution in [2.45, 2.75) is 26.1 Å². The molecule has 1 heterocycles. The SMILES string of the molecule is CN(Cc1nc(-c2ccccc2OC(F)F)no1)Cc1ccccc1OC(F)(F)F. The maximum Gasteiger partial charge on any atom is 0.573 e. The van der Waals surface area contributed by atoms with Gasteiger partial charge in [-0.3, -0.25) is 4.90 Å². The Labute approximate surface area is 167 Å². The predicted molar refractivity (Wildman–Crippen MR) is 94.7 cm³/mol. The number of hydrogen-bond acceptors (Lipinski definition) is 6. The monoisotopic (exact) mass is 429 g/mol. The predicted octanol–water partition coefficient (Wildman–Crippen LogP) is 4.87. The lowest BCUT2D eigenvalue weighted by Crippen LogP contribution is -2.21. The molecular weight excluding hydrogens is 413 g/mol. The molecule has 1 aromatic heterocycles. The summed E-state index contributed by atoms with van der Waals surface area (Å²) in [6.45, 7) is -2.80. The maximum absolute atomic E-state index is 12.6. The van der Waals surface area contributed by atoms with Crippen molar-refractivity contribution in [1.82, 2.24) is 15.0 Å². The van der Waals surface area contributed by atoms with Gasteiger partial charge in [0.1, 0.15) is 11.5 Å². The second kappa shape index (κ2) is 9.08. The number of alkyl halides is 5. The average Bonchev–Trinajstić information content (AvgIpc) is 3.10. The summed E-state index contributed by atoms with van der Waals surface area (Å²) >= 11 is 0. The normalized spacial score (nSPS) is 11.9. The molecule has 0 amide bonds. The Morgan fingerprint density at radius 1 is 1.00 bits per heavy atom. The summed E-state index contributed by atoms with van der Waals surface area (Å²) in [6.07, 6.45) is -4.80. The van der Waals surface area contributed by atoms with Crippen LogP contribution in [0.25, 0.3) is 11.4 Å². The molecule has 30 heavy (non-hydrogen) atoms. The number of hydrogen-bond donors (Lipinski definition) is 0. The minimum absolute atomic E-state index is 0.0513. The van der Waals surface area contributed by atoms with Crippen molar-refractivity contribution in [2.24, 2.45) is 0 Å². The van der Waals surface area contributed by atoms with E-state index in [4.69, 9.17) is 4.52 Å². The molecule has 11 heteroatoms. The van der Waals surface area contributed by atoms with Crippen LogP contribution in [-0.2, 0) is 13.1 Å². The van der Waals surface area contributed by atoms with Crippen molar-refractivity contribution in [2.75, 3.05) is 7.05 Å². The van der Waals surface area contributed by atoms with Crippen molar-refractivity contribution < 1.29 is 35.9 Å². The number of nitrogens with zero attached hydrogens (tertiary/aromatic N) is 3. The third-order valence-corrected chi connectivity index (χ3v) is 3.86. The van der Waals surface area contributed by atoms with Gasteiger partial charge >= 0.3 is 13.0 Å². The number of rotatable bonds is 8. The van der Waals surface area contributed by atoms with Crippen LogP contribution in [-0.4, -0.2) is 35.1 Å². The molecule has 0 bridgehead atoms. The van der Waals surface area contributed by atoms with Crippen LogP contribution in [0.15, 0.2) is 53.1 Å². The van der Waals surface area contributed by atoms with Crippen LogP contribution in [0.4, 0.5) is 22.0 Å².